The fourth-order valence-corrected chi connectivity index (χ4v) is 3.55. The Bertz CT molecular complexity index is 829. The Morgan fingerprint density at radius 2 is 1.96 bits per heavy atom. The van der Waals surface area contributed by atoms with Crippen LogP contribution in [-0.4, -0.2) is 17.1 Å². The average molecular weight is 340 g/mol. The van der Waals surface area contributed by atoms with E-state index >= 15 is 0 Å². The number of carbonyl (C=O) groups excluding carboxylic acids is 1. The van der Waals surface area contributed by atoms with Crippen molar-refractivity contribution in [1.29, 1.82) is 0 Å². The zero-order valence-electron chi connectivity index (χ0n) is 12.9. The van der Waals surface area contributed by atoms with Gasteiger partial charge in [-0.25, -0.2) is 0 Å². The van der Waals surface area contributed by atoms with Crippen LogP contribution < -0.4 is 5.32 Å². The molecule has 1 N–H and O–H groups in total. The molecule has 23 heavy (non-hydrogen) atoms. The van der Waals surface area contributed by atoms with Crippen molar-refractivity contribution in [2.45, 2.75) is 11.8 Å². The van der Waals surface area contributed by atoms with Crippen LogP contribution >= 0.6 is 23.1 Å². The number of thioether (sulfide) groups is 1. The monoisotopic (exact) mass is 340 g/mol. The number of anilines is 1. The SMILES string of the molecule is CSc1ccccc1NC(=O)c1ccc(-c2cccs2)nc1C. The summed E-state index contributed by atoms with van der Waals surface area (Å²) in [5, 5.41) is 5.00. The van der Waals surface area contributed by atoms with Gasteiger partial charge in [0.15, 0.2) is 0 Å². The van der Waals surface area contributed by atoms with Gasteiger partial charge in [0, 0.05) is 4.90 Å². The zero-order valence-corrected chi connectivity index (χ0v) is 14.5. The van der Waals surface area contributed by atoms with Gasteiger partial charge in [0.05, 0.1) is 27.5 Å². The molecule has 2 heterocycles. The molecule has 3 aromatic rings. The first-order valence-electron chi connectivity index (χ1n) is 7.15. The van der Waals surface area contributed by atoms with E-state index in [0.717, 1.165) is 26.8 Å². The fourth-order valence-electron chi connectivity index (χ4n) is 2.30. The topological polar surface area (TPSA) is 42.0 Å². The number of nitrogens with zero attached hydrogens (tertiary/aromatic N) is 1. The Balaban J connectivity index is 1.85. The summed E-state index contributed by atoms with van der Waals surface area (Å²) in [5.41, 5.74) is 3.06. The summed E-state index contributed by atoms with van der Waals surface area (Å²) >= 11 is 3.25. The van der Waals surface area contributed by atoms with Crippen molar-refractivity contribution < 1.29 is 4.79 Å². The smallest absolute Gasteiger partial charge is 0.257 e. The maximum Gasteiger partial charge on any atom is 0.257 e. The van der Waals surface area contributed by atoms with Crippen LogP contribution in [0.2, 0.25) is 0 Å². The normalized spacial score (nSPS) is 10.5. The average Bonchev–Trinajstić information content (AvgIpc) is 3.09. The number of aromatic nitrogens is 1. The van der Waals surface area contributed by atoms with Gasteiger partial charge in [0.25, 0.3) is 5.91 Å². The van der Waals surface area contributed by atoms with Gasteiger partial charge in [-0.1, -0.05) is 18.2 Å². The third-order valence-electron chi connectivity index (χ3n) is 3.46. The number of rotatable bonds is 4. The molecule has 0 aliphatic heterocycles. The lowest BCUT2D eigenvalue weighted by molar-refractivity contribution is 0.102. The standard InChI is InChI=1S/C18H16N2OS2/c1-12-13(9-10-15(19-12)17-8-5-11-23-17)18(21)20-14-6-3-4-7-16(14)22-2/h3-11H,1-2H3,(H,20,21). The van der Waals surface area contributed by atoms with Crippen molar-refractivity contribution in [3.05, 3.63) is 65.2 Å². The molecule has 0 saturated carbocycles. The lowest BCUT2D eigenvalue weighted by Gasteiger charge is -2.11. The summed E-state index contributed by atoms with van der Waals surface area (Å²) < 4.78 is 0. The number of pyridine rings is 1. The number of aryl methyl sites for hydroxylation is 1. The van der Waals surface area contributed by atoms with E-state index in [1.807, 2.05) is 67.1 Å². The minimum absolute atomic E-state index is 0.130. The second kappa shape index (κ2) is 6.98. The minimum atomic E-state index is -0.130. The molecule has 2 aromatic heterocycles. The van der Waals surface area contributed by atoms with Crippen LogP contribution in [0.4, 0.5) is 5.69 Å². The highest BCUT2D eigenvalue weighted by Gasteiger charge is 2.13. The molecule has 0 saturated heterocycles. The summed E-state index contributed by atoms with van der Waals surface area (Å²) in [6, 6.07) is 15.5. The van der Waals surface area contributed by atoms with Crippen LogP contribution in [0, 0.1) is 6.92 Å². The van der Waals surface area contributed by atoms with Gasteiger partial charge in [-0.3, -0.25) is 9.78 Å². The van der Waals surface area contributed by atoms with E-state index in [2.05, 4.69) is 10.3 Å². The Labute approximate surface area is 143 Å². The number of amides is 1. The van der Waals surface area contributed by atoms with Gasteiger partial charge in [0.2, 0.25) is 0 Å². The lowest BCUT2D eigenvalue weighted by Crippen LogP contribution is -2.14. The lowest BCUT2D eigenvalue weighted by atomic mass is 10.1. The predicted octanol–water partition coefficient (Wildman–Crippen LogP) is 5.09. The second-order valence-corrected chi connectivity index (χ2v) is 6.76. The van der Waals surface area contributed by atoms with Crippen molar-refractivity contribution in [2.75, 3.05) is 11.6 Å². The second-order valence-electron chi connectivity index (χ2n) is 4.96. The summed E-state index contributed by atoms with van der Waals surface area (Å²) in [7, 11) is 0. The van der Waals surface area contributed by atoms with Crippen LogP contribution in [0.15, 0.2) is 58.8 Å². The van der Waals surface area contributed by atoms with Crippen LogP contribution in [-0.2, 0) is 0 Å². The Morgan fingerprint density at radius 3 is 2.65 bits per heavy atom. The van der Waals surface area contributed by atoms with Crippen molar-refractivity contribution >= 4 is 34.7 Å². The Morgan fingerprint density at radius 1 is 1.13 bits per heavy atom. The molecule has 1 amide bonds. The molecule has 0 unspecified atom stereocenters. The molecule has 116 valence electrons. The molecule has 0 bridgehead atoms. The molecule has 0 fully saturated rings. The summed E-state index contributed by atoms with van der Waals surface area (Å²) in [6.45, 7) is 1.87. The van der Waals surface area contributed by atoms with E-state index < -0.39 is 0 Å². The van der Waals surface area contributed by atoms with Crippen molar-refractivity contribution in [2.24, 2.45) is 0 Å². The van der Waals surface area contributed by atoms with Crippen molar-refractivity contribution in [3.63, 3.8) is 0 Å². The van der Waals surface area contributed by atoms with Crippen LogP contribution in [0.5, 0.6) is 0 Å². The highest BCUT2D eigenvalue weighted by molar-refractivity contribution is 7.98. The Kier molecular flexibility index (Phi) is 4.79. The molecule has 3 rings (SSSR count). The molecule has 3 nitrogen and oxygen atoms in total. The first-order valence-corrected chi connectivity index (χ1v) is 9.25. The molecule has 0 atom stereocenters. The summed E-state index contributed by atoms with van der Waals surface area (Å²) in [5.74, 6) is -0.130. The first kappa shape index (κ1) is 15.8. The van der Waals surface area contributed by atoms with Gasteiger partial charge < -0.3 is 5.32 Å². The fraction of sp³-hybridized carbons (Fsp3) is 0.111. The van der Waals surface area contributed by atoms with Gasteiger partial charge in [-0.15, -0.1) is 23.1 Å². The molecular weight excluding hydrogens is 324 g/mol. The van der Waals surface area contributed by atoms with E-state index in [1.165, 1.54) is 0 Å². The highest BCUT2D eigenvalue weighted by Crippen LogP contribution is 2.26. The zero-order chi connectivity index (χ0) is 16.2. The van der Waals surface area contributed by atoms with E-state index in [-0.39, 0.29) is 5.91 Å². The first-order chi connectivity index (χ1) is 11.2. The van der Waals surface area contributed by atoms with E-state index in [4.69, 9.17) is 0 Å². The minimum Gasteiger partial charge on any atom is -0.321 e. The third kappa shape index (κ3) is 3.46. The summed E-state index contributed by atoms with van der Waals surface area (Å²) in [6.07, 6.45) is 1.99. The highest BCUT2D eigenvalue weighted by atomic mass is 32.2. The number of hydrogen-bond donors (Lipinski definition) is 1. The van der Waals surface area contributed by atoms with Crippen molar-refractivity contribution in [3.8, 4) is 10.6 Å². The number of carbonyl (C=O) groups is 1. The van der Waals surface area contributed by atoms with Gasteiger partial charge in [-0.2, -0.15) is 0 Å². The van der Waals surface area contributed by atoms with Crippen molar-refractivity contribution in [1.82, 2.24) is 4.98 Å². The maximum absolute atomic E-state index is 12.5. The molecule has 0 radical (unpaired) electrons. The molecular formula is C18H16N2OS2. The van der Waals surface area contributed by atoms with Gasteiger partial charge in [-0.05, 0) is 48.9 Å². The maximum atomic E-state index is 12.5. The van der Waals surface area contributed by atoms with E-state index in [1.54, 1.807) is 23.1 Å². The van der Waals surface area contributed by atoms with E-state index in [9.17, 15) is 4.79 Å². The third-order valence-corrected chi connectivity index (χ3v) is 5.15. The molecule has 1 aromatic carbocycles. The van der Waals surface area contributed by atoms with Crippen LogP contribution in [0.1, 0.15) is 16.1 Å². The van der Waals surface area contributed by atoms with Gasteiger partial charge in [0.1, 0.15) is 0 Å². The molecule has 0 aliphatic carbocycles. The van der Waals surface area contributed by atoms with Crippen LogP contribution in [0.3, 0.4) is 0 Å². The predicted molar refractivity (Wildman–Crippen MR) is 98.5 cm³/mol. The molecule has 5 heteroatoms. The quantitative estimate of drug-likeness (QED) is 0.672. The summed E-state index contributed by atoms with van der Waals surface area (Å²) in [4.78, 5) is 19.3. The number of thiophene rings is 1. The number of nitrogens with one attached hydrogen (secondary N) is 1. The molecule has 0 aliphatic rings. The largest absolute Gasteiger partial charge is 0.321 e. The number of benzene rings is 1. The Hall–Kier alpha value is -2.11. The number of hydrogen-bond acceptors (Lipinski definition) is 4. The van der Waals surface area contributed by atoms with Gasteiger partial charge >= 0.3 is 0 Å². The molecule has 0 spiro atoms. The number of para-hydroxylation sites is 1. The van der Waals surface area contributed by atoms with E-state index in [0.29, 0.717) is 5.56 Å². The van der Waals surface area contributed by atoms with Crippen LogP contribution in [0.25, 0.3) is 10.6 Å².